The number of aromatic carboxylic acids is 1. The molecule has 1 aromatic heterocycles. The van der Waals surface area contributed by atoms with Crippen LogP contribution in [-0.2, 0) is 0 Å². The van der Waals surface area contributed by atoms with Gasteiger partial charge in [-0.3, -0.25) is 4.98 Å². The SMILES string of the molecule is Cc1cnc2c(C(=O)O)c(C)ccc2c1. The molecule has 0 amide bonds. The number of hydrogen-bond donors (Lipinski definition) is 1. The van der Waals surface area contributed by atoms with Crippen LogP contribution in [-0.4, -0.2) is 16.1 Å². The van der Waals surface area contributed by atoms with E-state index in [1.165, 1.54) is 0 Å². The smallest absolute Gasteiger partial charge is 0.338 e. The summed E-state index contributed by atoms with van der Waals surface area (Å²) >= 11 is 0. The maximum Gasteiger partial charge on any atom is 0.338 e. The lowest BCUT2D eigenvalue weighted by atomic mass is 10.0. The molecule has 1 N–H and O–H groups in total. The molecule has 0 aliphatic rings. The molecule has 0 unspecified atom stereocenters. The minimum absolute atomic E-state index is 0.299. The summed E-state index contributed by atoms with van der Waals surface area (Å²) in [5.74, 6) is -0.922. The quantitative estimate of drug-likeness (QED) is 0.771. The second kappa shape index (κ2) is 3.35. The van der Waals surface area contributed by atoms with E-state index >= 15 is 0 Å². The summed E-state index contributed by atoms with van der Waals surface area (Å²) in [7, 11) is 0. The average Bonchev–Trinajstić information content (AvgIpc) is 2.17. The molecule has 2 rings (SSSR count). The van der Waals surface area contributed by atoms with Gasteiger partial charge in [0.25, 0.3) is 0 Å². The second-order valence-electron chi connectivity index (χ2n) is 3.65. The summed E-state index contributed by atoms with van der Waals surface area (Å²) < 4.78 is 0. The topological polar surface area (TPSA) is 50.2 Å². The van der Waals surface area contributed by atoms with Crippen LogP contribution in [0.3, 0.4) is 0 Å². The van der Waals surface area contributed by atoms with Crippen molar-refractivity contribution in [1.82, 2.24) is 4.98 Å². The van der Waals surface area contributed by atoms with E-state index in [-0.39, 0.29) is 0 Å². The van der Waals surface area contributed by atoms with Gasteiger partial charge < -0.3 is 5.11 Å². The first-order chi connectivity index (χ1) is 7.09. The number of benzene rings is 1. The van der Waals surface area contributed by atoms with Crippen molar-refractivity contribution in [2.75, 3.05) is 0 Å². The highest BCUT2D eigenvalue weighted by Crippen LogP contribution is 2.20. The largest absolute Gasteiger partial charge is 0.478 e. The van der Waals surface area contributed by atoms with E-state index in [9.17, 15) is 4.79 Å². The Labute approximate surface area is 87.4 Å². The van der Waals surface area contributed by atoms with Crippen LogP contribution in [0.1, 0.15) is 21.5 Å². The Hall–Kier alpha value is -1.90. The highest BCUT2D eigenvalue weighted by molar-refractivity contribution is 6.03. The van der Waals surface area contributed by atoms with E-state index in [1.54, 1.807) is 13.1 Å². The molecule has 76 valence electrons. The van der Waals surface area contributed by atoms with E-state index in [1.807, 2.05) is 25.1 Å². The molecule has 0 atom stereocenters. The number of aryl methyl sites for hydroxylation is 2. The van der Waals surface area contributed by atoms with Crippen LogP contribution >= 0.6 is 0 Å². The molecule has 3 heteroatoms. The van der Waals surface area contributed by atoms with Crippen LogP contribution in [0.25, 0.3) is 10.9 Å². The van der Waals surface area contributed by atoms with Crippen molar-refractivity contribution in [3.8, 4) is 0 Å². The first-order valence-corrected chi connectivity index (χ1v) is 4.69. The van der Waals surface area contributed by atoms with Crippen LogP contribution in [0.4, 0.5) is 0 Å². The Morgan fingerprint density at radius 3 is 2.73 bits per heavy atom. The highest BCUT2D eigenvalue weighted by atomic mass is 16.4. The number of carbonyl (C=O) groups is 1. The van der Waals surface area contributed by atoms with Gasteiger partial charge in [-0.2, -0.15) is 0 Å². The second-order valence-corrected chi connectivity index (χ2v) is 3.65. The molecule has 0 aliphatic carbocycles. The van der Waals surface area contributed by atoms with Gasteiger partial charge in [0.15, 0.2) is 0 Å². The van der Waals surface area contributed by atoms with E-state index in [4.69, 9.17) is 5.11 Å². The molecular weight excluding hydrogens is 190 g/mol. The fourth-order valence-electron chi connectivity index (χ4n) is 1.68. The van der Waals surface area contributed by atoms with Gasteiger partial charge in [0.1, 0.15) is 0 Å². The van der Waals surface area contributed by atoms with Gasteiger partial charge in [-0.1, -0.05) is 12.1 Å². The Bertz CT molecular complexity index is 547. The molecule has 0 radical (unpaired) electrons. The van der Waals surface area contributed by atoms with Crippen molar-refractivity contribution in [1.29, 1.82) is 0 Å². The van der Waals surface area contributed by atoms with E-state index < -0.39 is 5.97 Å². The first-order valence-electron chi connectivity index (χ1n) is 4.69. The summed E-state index contributed by atoms with van der Waals surface area (Å²) in [5.41, 5.74) is 2.63. The van der Waals surface area contributed by atoms with Crippen molar-refractivity contribution < 1.29 is 9.90 Å². The molecule has 0 fully saturated rings. The third kappa shape index (κ3) is 1.56. The summed E-state index contributed by atoms with van der Waals surface area (Å²) in [5, 5.41) is 9.97. The molecule has 15 heavy (non-hydrogen) atoms. The van der Waals surface area contributed by atoms with Crippen molar-refractivity contribution in [2.24, 2.45) is 0 Å². The molecule has 1 heterocycles. The van der Waals surface area contributed by atoms with E-state index in [0.29, 0.717) is 11.1 Å². The zero-order valence-corrected chi connectivity index (χ0v) is 8.61. The Morgan fingerprint density at radius 2 is 2.07 bits per heavy atom. The highest BCUT2D eigenvalue weighted by Gasteiger charge is 2.12. The summed E-state index contributed by atoms with van der Waals surface area (Å²) in [6.07, 6.45) is 1.69. The fourth-order valence-corrected chi connectivity index (χ4v) is 1.68. The van der Waals surface area contributed by atoms with Gasteiger partial charge in [-0.25, -0.2) is 4.79 Å². The predicted molar refractivity (Wildman–Crippen MR) is 58.2 cm³/mol. The zero-order valence-electron chi connectivity index (χ0n) is 8.61. The Morgan fingerprint density at radius 1 is 1.33 bits per heavy atom. The number of carboxylic acids is 1. The van der Waals surface area contributed by atoms with Crippen LogP contribution < -0.4 is 0 Å². The maximum absolute atomic E-state index is 11.1. The van der Waals surface area contributed by atoms with Crippen molar-refractivity contribution >= 4 is 16.9 Å². The fraction of sp³-hybridized carbons (Fsp3) is 0.167. The minimum atomic E-state index is -0.922. The summed E-state index contributed by atoms with van der Waals surface area (Å²) in [6, 6.07) is 5.65. The molecule has 3 nitrogen and oxygen atoms in total. The average molecular weight is 201 g/mol. The van der Waals surface area contributed by atoms with Crippen LogP contribution in [0, 0.1) is 13.8 Å². The predicted octanol–water partition coefficient (Wildman–Crippen LogP) is 2.55. The zero-order chi connectivity index (χ0) is 11.0. The number of hydrogen-bond acceptors (Lipinski definition) is 2. The van der Waals surface area contributed by atoms with Gasteiger partial charge in [-0.05, 0) is 31.0 Å². The van der Waals surface area contributed by atoms with Gasteiger partial charge in [-0.15, -0.1) is 0 Å². The number of carboxylic acid groups (broad SMARTS) is 1. The molecule has 2 aromatic rings. The van der Waals surface area contributed by atoms with Crippen molar-refractivity contribution in [3.63, 3.8) is 0 Å². The lowest BCUT2D eigenvalue weighted by Crippen LogP contribution is -2.02. The molecule has 0 spiro atoms. The van der Waals surface area contributed by atoms with Crippen molar-refractivity contribution in [3.05, 3.63) is 41.1 Å². The number of pyridine rings is 1. The Kier molecular flexibility index (Phi) is 2.15. The molecule has 1 aromatic carbocycles. The van der Waals surface area contributed by atoms with E-state index in [0.717, 1.165) is 16.5 Å². The van der Waals surface area contributed by atoms with Gasteiger partial charge in [0.2, 0.25) is 0 Å². The third-order valence-corrected chi connectivity index (χ3v) is 2.41. The Balaban J connectivity index is 2.88. The third-order valence-electron chi connectivity index (χ3n) is 2.41. The monoisotopic (exact) mass is 201 g/mol. The standard InChI is InChI=1S/C12H11NO2/c1-7-5-9-4-3-8(2)10(12(14)15)11(9)13-6-7/h3-6H,1-2H3,(H,14,15). The normalized spacial score (nSPS) is 10.5. The number of aromatic nitrogens is 1. The molecular formula is C12H11NO2. The van der Waals surface area contributed by atoms with Gasteiger partial charge >= 0.3 is 5.97 Å². The van der Waals surface area contributed by atoms with Gasteiger partial charge in [0, 0.05) is 11.6 Å². The summed E-state index contributed by atoms with van der Waals surface area (Å²) in [4.78, 5) is 15.3. The first kappa shape index (κ1) is 9.65. The van der Waals surface area contributed by atoms with Gasteiger partial charge in [0.05, 0.1) is 11.1 Å². The molecule has 0 aliphatic heterocycles. The number of rotatable bonds is 1. The summed E-state index contributed by atoms with van der Waals surface area (Å²) in [6.45, 7) is 3.72. The number of fused-ring (bicyclic) bond motifs is 1. The molecule has 0 saturated heterocycles. The van der Waals surface area contributed by atoms with Crippen LogP contribution in [0.2, 0.25) is 0 Å². The van der Waals surface area contributed by atoms with Crippen LogP contribution in [0.5, 0.6) is 0 Å². The van der Waals surface area contributed by atoms with E-state index in [2.05, 4.69) is 4.98 Å². The van der Waals surface area contributed by atoms with Crippen LogP contribution in [0.15, 0.2) is 24.4 Å². The maximum atomic E-state index is 11.1. The lowest BCUT2D eigenvalue weighted by Gasteiger charge is -2.05. The molecule has 0 bridgehead atoms. The number of nitrogens with zero attached hydrogens (tertiary/aromatic N) is 1. The minimum Gasteiger partial charge on any atom is -0.478 e. The van der Waals surface area contributed by atoms with Crippen molar-refractivity contribution in [2.45, 2.75) is 13.8 Å². The lowest BCUT2D eigenvalue weighted by molar-refractivity contribution is 0.0698. The molecule has 0 saturated carbocycles.